The van der Waals surface area contributed by atoms with E-state index in [4.69, 9.17) is 4.74 Å². The Morgan fingerprint density at radius 3 is 2.52 bits per heavy atom. The number of amides is 1. The molecule has 0 aliphatic carbocycles. The summed E-state index contributed by atoms with van der Waals surface area (Å²) in [5, 5.41) is 9.73. The van der Waals surface area contributed by atoms with E-state index in [1.54, 1.807) is 18.3 Å². The van der Waals surface area contributed by atoms with Crippen molar-refractivity contribution in [1.29, 1.82) is 0 Å². The van der Waals surface area contributed by atoms with E-state index in [2.05, 4.69) is 20.7 Å². The molecule has 1 aliphatic rings. The van der Waals surface area contributed by atoms with E-state index in [1.807, 2.05) is 31.2 Å². The fourth-order valence-electron chi connectivity index (χ4n) is 3.85. The first kappa shape index (κ1) is 22.6. The highest BCUT2D eigenvalue weighted by Gasteiger charge is 2.47. The van der Waals surface area contributed by atoms with Crippen LogP contribution in [0, 0.1) is 0 Å². The molecule has 0 saturated carbocycles. The minimum atomic E-state index is -4.51. The van der Waals surface area contributed by atoms with Crippen LogP contribution in [0.1, 0.15) is 52.5 Å². The average Bonchev–Trinajstić information content (AvgIpc) is 3.25. The Hall–Kier alpha value is -3.56. The number of benzene rings is 1. The number of carbonyl (C=O) groups is 1. The van der Waals surface area contributed by atoms with Crippen LogP contribution in [0.15, 0.2) is 48.8 Å². The van der Waals surface area contributed by atoms with Gasteiger partial charge in [0.2, 0.25) is 5.88 Å². The molecule has 7 nitrogen and oxygen atoms in total. The molecule has 1 amide bonds. The van der Waals surface area contributed by atoms with E-state index < -0.39 is 24.2 Å². The topological polar surface area (TPSA) is 81.1 Å². The van der Waals surface area contributed by atoms with Gasteiger partial charge in [-0.05, 0) is 23.1 Å². The van der Waals surface area contributed by atoms with Gasteiger partial charge in [0.1, 0.15) is 11.4 Å². The Bertz CT molecular complexity index is 1110. The Balaban J connectivity index is 1.57. The second-order valence-electron chi connectivity index (χ2n) is 7.83. The number of carbonyl (C=O) groups excluding carboxylic acids is 1. The minimum Gasteiger partial charge on any atom is -0.481 e. The van der Waals surface area contributed by atoms with Gasteiger partial charge >= 0.3 is 6.18 Å². The van der Waals surface area contributed by atoms with Crippen molar-refractivity contribution in [2.75, 3.05) is 12.4 Å². The van der Waals surface area contributed by atoms with Gasteiger partial charge in [-0.15, -0.1) is 0 Å². The zero-order chi connectivity index (χ0) is 23.6. The number of methoxy groups -OCH3 is 1. The van der Waals surface area contributed by atoms with E-state index in [0.717, 1.165) is 27.8 Å². The molecular formula is C23H24F3N5O2. The molecule has 174 valence electrons. The van der Waals surface area contributed by atoms with E-state index in [0.29, 0.717) is 5.88 Å². The maximum Gasteiger partial charge on any atom is 0.410 e. The summed E-state index contributed by atoms with van der Waals surface area (Å²) in [6.45, 7) is 2.17. The van der Waals surface area contributed by atoms with Crippen molar-refractivity contribution >= 4 is 11.7 Å². The van der Waals surface area contributed by atoms with Gasteiger partial charge in [0.15, 0.2) is 6.04 Å². The van der Waals surface area contributed by atoms with E-state index in [9.17, 15) is 18.0 Å². The smallest absolute Gasteiger partial charge is 0.410 e. The Morgan fingerprint density at radius 2 is 1.91 bits per heavy atom. The summed E-state index contributed by atoms with van der Waals surface area (Å²) >= 11 is 0. The van der Waals surface area contributed by atoms with Gasteiger partial charge < -0.3 is 15.4 Å². The van der Waals surface area contributed by atoms with Crippen LogP contribution in [0.5, 0.6) is 5.88 Å². The molecule has 1 aliphatic heterocycles. The van der Waals surface area contributed by atoms with Crippen LogP contribution in [-0.2, 0) is 13.0 Å². The number of aryl methyl sites for hydroxylation is 1. The number of hydrogen-bond acceptors (Lipinski definition) is 5. The van der Waals surface area contributed by atoms with Crippen LogP contribution < -0.4 is 15.4 Å². The third-order valence-corrected chi connectivity index (χ3v) is 5.73. The number of rotatable bonds is 6. The van der Waals surface area contributed by atoms with Crippen LogP contribution in [0.25, 0.3) is 0 Å². The maximum atomic E-state index is 13.9. The average molecular weight is 459 g/mol. The van der Waals surface area contributed by atoms with Gasteiger partial charge in [0.25, 0.3) is 5.91 Å². The quantitative estimate of drug-likeness (QED) is 0.570. The Morgan fingerprint density at radius 1 is 1.18 bits per heavy atom. The predicted molar refractivity (Wildman–Crippen MR) is 116 cm³/mol. The lowest BCUT2D eigenvalue weighted by Gasteiger charge is -2.34. The van der Waals surface area contributed by atoms with Crippen LogP contribution in [0.4, 0.5) is 19.0 Å². The highest BCUT2D eigenvalue weighted by Crippen LogP contribution is 2.44. The Labute approximate surface area is 189 Å². The van der Waals surface area contributed by atoms with Crippen LogP contribution in [-0.4, -0.2) is 34.0 Å². The van der Waals surface area contributed by atoms with Gasteiger partial charge in [0, 0.05) is 25.2 Å². The summed E-state index contributed by atoms with van der Waals surface area (Å²) in [6.07, 6.45) is -1.16. The van der Waals surface area contributed by atoms with Crippen LogP contribution in [0.2, 0.25) is 0 Å². The van der Waals surface area contributed by atoms with Gasteiger partial charge in [-0.2, -0.15) is 18.3 Å². The molecule has 0 saturated heterocycles. The van der Waals surface area contributed by atoms with Crippen molar-refractivity contribution in [3.05, 3.63) is 71.0 Å². The first-order chi connectivity index (χ1) is 15.8. The fraction of sp³-hybridized carbons (Fsp3) is 0.348. The van der Waals surface area contributed by atoms with Crippen molar-refractivity contribution in [3.63, 3.8) is 0 Å². The molecule has 0 bridgehead atoms. The zero-order valence-corrected chi connectivity index (χ0v) is 18.2. The van der Waals surface area contributed by atoms with Crippen LogP contribution >= 0.6 is 0 Å². The second kappa shape index (κ2) is 9.13. The maximum absolute atomic E-state index is 13.9. The number of pyridine rings is 1. The molecular weight excluding hydrogens is 435 g/mol. The normalized spacial score (nSPS) is 17.7. The number of nitrogens with zero attached hydrogens (tertiary/aromatic N) is 3. The van der Waals surface area contributed by atoms with Gasteiger partial charge in [-0.25, -0.2) is 9.67 Å². The molecule has 2 unspecified atom stereocenters. The number of fused-ring (bicyclic) bond motifs is 1. The SMILES string of the molecule is CCc1ccc(C2CC(C(F)(F)F)n3ncc(C(=O)NCc4ccc(OC)nc4)c3N2)cc1. The summed E-state index contributed by atoms with van der Waals surface area (Å²) in [5.74, 6) is -0.0304. The number of hydrogen-bond donors (Lipinski definition) is 2. The lowest BCUT2D eigenvalue weighted by Crippen LogP contribution is -2.36. The molecule has 2 atom stereocenters. The number of nitrogens with one attached hydrogen (secondary N) is 2. The fourth-order valence-corrected chi connectivity index (χ4v) is 3.85. The van der Waals surface area contributed by atoms with E-state index in [1.165, 1.54) is 13.3 Å². The van der Waals surface area contributed by atoms with E-state index in [-0.39, 0.29) is 24.3 Å². The molecule has 0 spiro atoms. The van der Waals surface area contributed by atoms with Gasteiger partial charge in [-0.3, -0.25) is 4.79 Å². The minimum absolute atomic E-state index is 0.0542. The largest absolute Gasteiger partial charge is 0.481 e. The number of ether oxygens (including phenoxy) is 1. The van der Waals surface area contributed by atoms with E-state index >= 15 is 0 Å². The van der Waals surface area contributed by atoms with Crippen molar-refractivity contribution in [3.8, 4) is 5.88 Å². The third kappa shape index (κ3) is 4.79. The van der Waals surface area contributed by atoms with Gasteiger partial charge in [-0.1, -0.05) is 37.3 Å². The number of halogens is 3. The lowest BCUT2D eigenvalue weighted by molar-refractivity contribution is -0.173. The zero-order valence-electron chi connectivity index (χ0n) is 18.2. The summed E-state index contributed by atoms with van der Waals surface area (Å²) in [5.41, 5.74) is 2.60. The van der Waals surface area contributed by atoms with Crippen molar-refractivity contribution in [2.45, 2.75) is 44.6 Å². The molecule has 1 aromatic carbocycles. The molecule has 33 heavy (non-hydrogen) atoms. The first-order valence-corrected chi connectivity index (χ1v) is 10.6. The lowest BCUT2D eigenvalue weighted by atomic mass is 9.95. The molecule has 4 rings (SSSR count). The van der Waals surface area contributed by atoms with Crippen LogP contribution in [0.3, 0.4) is 0 Å². The van der Waals surface area contributed by atoms with Gasteiger partial charge in [0.05, 0.1) is 19.3 Å². The van der Waals surface area contributed by atoms with Crippen molar-refractivity contribution < 1.29 is 22.7 Å². The van der Waals surface area contributed by atoms with Crippen molar-refractivity contribution in [2.24, 2.45) is 0 Å². The summed E-state index contributed by atoms with van der Waals surface area (Å²) in [6, 6.07) is 8.42. The number of anilines is 1. The monoisotopic (exact) mass is 459 g/mol. The number of alkyl halides is 3. The molecule has 2 N–H and O–H groups in total. The second-order valence-corrected chi connectivity index (χ2v) is 7.83. The number of aromatic nitrogens is 3. The third-order valence-electron chi connectivity index (χ3n) is 5.73. The standard InChI is InChI=1S/C23H24F3N5O2/c1-3-14-4-7-16(8-5-14)18-10-19(23(24,25)26)31-21(30-18)17(13-29-31)22(32)28-12-15-6-9-20(33-2)27-11-15/h4-9,11,13,18-19,30H,3,10,12H2,1-2H3,(H,28,32). The highest BCUT2D eigenvalue weighted by atomic mass is 19.4. The first-order valence-electron chi connectivity index (χ1n) is 10.6. The Kier molecular flexibility index (Phi) is 6.26. The van der Waals surface area contributed by atoms with Crippen molar-refractivity contribution in [1.82, 2.24) is 20.1 Å². The molecule has 2 aromatic heterocycles. The summed E-state index contributed by atoms with van der Waals surface area (Å²) in [7, 11) is 1.50. The molecule has 3 aromatic rings. The molecule has 0 fully saturated rings. The predicted octanol–water partition coefficient (Wildman–Crippen LogP) is 4.44. The highest BCUT2D eigenvalue weighted by molar-refractivity contribution is 5.98. The molecule has 0 radical (unpaired) electrons. The molecule has 10 heteroatoms. The summed E-state index contributed by atoms with van der Waals surface area (Å²) in [4.78, 5) is 16.9. The molecule has 3 heterocycles. The summed E-state index contributed by atoms with van der Waals surface area (Å²) < 4.78 is 47.5.